The molecule has 1 aromatic carbocycles. The lowest BCUT2D eigenvalue weighted by molar-refractivity contribution is 0.129. The Kier molecular flexibility index (Phi) is 5.21. The zero-order valence-corrected chi connectivity index (χ0v) is 11.5. The number of nitrogens with one attached hydrogen (secondary N) is 1. The molecule has 4 nitrogen and oxygen atoms in total. The van der Waals surface area contributed by atoms with E-state index in [-0.39, 0.29) is 6.09 Å². The fourth-order valence-corrected chi connectivity index (χ4v) is 2.41. The molecule has 0 aliphatic carbocycles. The van der Waals surface area contributed by atoms with E-state index < -0.39 is 0 Å². The highest BCUT2D eigenvalue weighted by molar-refractivity contribution is 5.70. The van der Waals surface area contributed by atoms with E-state index in [1.165, 1.54) is 6.42 Å². The third kappa shape index (κ3) is 4.24. The Morgan fingerprint density at radius 1 is 1.32 bits per heavy atom. The summed E-state index contributed by atoms with van der Waals surface area (Å²) in [6, 6.07) is 9.25. The molecule has 1 fully saturated rings. The number of hydrogen-bond donors (Lipinski definition) is 1. The van der Waals surface area contributed by atoms with Gasteiger partial charge < -0.3 is 15.0 Å². The molecule has 0 aromatic heterocycles. The number of piperidine rings is 1. The molecule has 0 bridgehead atoms. The number of benzene rings is 1. The normalized spacial score (nSPS) is 16.4. The van der Waals surface area contributed by atoms with Gasteiger partial charge in [0.15, 0.2) is 0 Å². The van der Waals surface area contributed by atoms with Crippen molar-refractivity contribution in [3.05, 3.63) is 30.3 Å². The Bertz CT molecular complexity index is 386. The summed E-state index contributed by atoms with van der Waals surface area (Å²) in [5.41, 5.74) is 0. The van der Waals surface area contributed by atoms with Gasteiger partial charge in [-0.1, -0.05) is 18.2 Å². The van der Waals surface area contributed by atoms with Crippen LogP contribution in [0.5, 0.6) is 5.75 Å². The molecule has 0 unspecified atom stereocenters. The van der Waals surface area contributed by atoms with Crippen molar-refractivity contribution in [2.45, 2.75) is 19.3 Å². The van der Waals surface area contributed by atoms with Crippen LogP contribution in [-0.2, 0) is 0 Å². The number of amides is 1. The lowest BCUT2D eigenvalue weighted by Crippen LogP contribution is -2.40. The molecule has 0 radical (unpaired) electrons. The highest BCUT2D eigenvalue weighted by atomic mass is 16.6. The van der Waals surface area contributed by atoms with Gasteiger partial charge in [0.1, 0.15) is 5.75 Å². The molecular formula is C15H22N2O2. The summed E-state index contributed by atoms with van der Waals surface area (Å²) in [6.45, 7) is 2.67. The van der Waals surface area contributed by atoms with Crippen molar-refractivity contribution >= 4 is 6.09 Å². The first kappa shape index (κ1) is 13.9. The summed E-state index contributed by atoms with van der Waals surface area (Å²) in [5.74, 6) is 1.35. The minimum atomic E-state index is -0.224. The van der Waals surface area contributed by atoms with E-state index in [2.05, 4.69) is 5.32 Å². The standard InChI is InChI=1S/C15H22N2O2/c1-16-10-7-13-8-11-17(12-9-13)15(18)19-14-5-3-2-4-6-14/h2-6,13,16H,7-12H2,1H3. The minimum absolute atomic E-state index is 0.224. The topological polar surface area (TPSA) is 41.6 Å². The van der Waals surface area contributed by atoms with E-state index >= 15 is 0 Å². The molecule has 1 amide bonds. The SMILES string of the molecule is CNCCC1CCN(C(=O)Oc2ccccc2)CC1. The largest absolute Gasteiger partial charge is 0.415 e. The maximum atomic E-state index is 12.0. The molecule has 1 aliphatic heterocycles. The van der Waals surface area contributed by atoms with Gasteiger partial charge in [-0.15, -0.1) is 0 Å². The number of rotatable bonds is 4. The predicted molar refractivity (Wildman–Crippen MR) is 75.3 cm³/mol. The second-order valence-electron chi connectivity index (χ2n) is 5.00. The molecule has 1 saturated heterocycles. The van der Waals surface area contributed by atoms with Crippen molar-refractivity contribution in [3.8, 4) is 5.75 Å². The highest BCUT2D eigenvalue weighted by Crippen LogP contribution is 2.21. The number of para-hydroxylation sites is 1. The quantitative estimate of drug-likeness (QED) is 0.906. The van der Waals surface area contributed by atoms with Crippen LogP contribution in [-0.4, -0.2) is 37.7 Å². The van der Waals surface area contributed by atoms with E-state index in [1.807, 2.05) is 30.1 Å². The summed E-state index contributed by atoms with van der Waals surface area (Å²) in [7, 11) is 1.98. The summed E-state index contributed by atoms with van der Waals surface area (Å²) < 4.78 is 5.34. The smallest absolute Gasteiger partial charge is 0.410 e. The number of hydrogen-bond acceptors (Lipinski definition) is 3. The maximum Gasteiger partial charge on any atom is 0.415 e. The first-order chi connectivity index (χ1) is 9.29. The van der Waals surface area contributed by atoms with Crippen LogP contribution in [0.15, 0.2) is 30.3 Å². The number of likely N-dealkylation sites (tertiary alicyclic amines) is 1. The van der Waals surface area contributed by atoms with Crippen LogP contribution in [0, 0.1) is 5.92 Å². The van der Waals surface area contributed by atoms with Gasteiger partial charge in [-0.2, -0.15) is 0 Å². The second kappa shape index (κ2) is 7.14. The fraction of sp³-hybridized carbons (Fsp3) is 0.533. The molecule has 0 atom stereocenters. The van der Waals surface area contributed by atoms with Crippen LogP contribution in [0.2, 0.25) is 0 Å². The number of carbonyl (C=O) groups excluding carboxylic acids is 1. The Morgan fingerprint density at radius 2 is 2.00 bits per heavy atom. The fourth-order valence-electron chi connectivity index (χ4n) is 2.41. The molecular weight excluding hydrogens is 240 g/mol. The molecule has 2 rings (SSSR count). The average Bonchev–Trinajstić information content (AvgIpc) is 2.46. The van der Waals surface area contributed by atoms with Crippen LogP contribution in [0.3, 0.4) is 0 Å². The number of nitrogens with zero attached hydrogens (tertiary/aromatic N) is 1. The Morgan fingerprint density at radius 3 is 2.63 bits per heavy atom. The molecule has 0 saturated carbocycles. The molecule has 19 heavy (non-hydrogen) atoms. The molecule has 104 valence electrons. The van der Waals surface area contributed by atoms with Crippen molar-refractivity contribution in [1.29, 1.82) is 0 Å². The van der Waals surface area contributed by atoms with Crippen molar-refractivity contribution in [3.63, 3.8) is 0 Å². The second-order valence-corrected chi connectivity index (χ2v) is 5.00. The van der Waals surface area contributed by atoms with Gasteiger partial charge in [0.05, 0.1) is 0 Å². The molecule has 1 aromatic rings. The maximum absolute atomic E-state index is 12.0. The van der Waals surface area contributed by atoms with Crippen molar-refractivity contribution < 1.29 is 9.53 Å². The number of carbonyl (C=O) groups is 1. The minimum Gasteiger partial charge on any atom is -0.410 e. The third-order valence-electron chi connectivity index (χ3n) is 3.62. The number of ether oxygens (including phenoxy) is 1. The van der Waals surface area contributed by atoms with Gasteiger partial charge in [-0.3, -0.25) is 0 Å². The van der Waals surface area contributed by atoms with Crippen LogP contribution < -0.4 is 10.1 Å². The van der Waals surface area contributed by atoms with Crippen LogP contribution in [0.25, 0.3) is 0 Å². The predicted octanol–water partition coefficient (Wildman–Crippen LogP) is 2.51. The van der Waals surface area contributed by atoms with Crippen molar-refractivity contribution in [1.82, 2.24) is 10.2 Å². The average molecular weight is 262 g/mol. The Labute approximate surface area is 114 Å². The van der Waals surface area contributed by atoms with Crippen molar-refractivity contribution in [2.24, 2.45) is 5.92 Å². The van der Waals surface area contributed by atoms with Gasteiger partial charge >= 0.3 is 6.09 Å². The molecule has 0 spiro atoms. The lowest BCUT2D eigenvalue weighted by Gasteiger charge is -2.31. The van der Waals surface area contributed by atoms with E-state index in [0.29, 0.717) is 5.75 Å². The molecule has 1 heterocycles. The van der Waals surface area contributed by atoms with E-state index in [0.717, 1.165) is 38.4 Å². The van der Waals surface area contributed by atoms with E-state index in [9.17, 15) is 4.79 Å². The summed E-state index contributed by atoms with van der Waals surface area (Å²) in [4.78, 5) is 13.8. The van der Waals surface area contributed by atoms with Gasteiger partial charge in [-0.25, -0.2) is 4.79 Å². The molecule has 1 N–H and O–H groups in total. The van der Waals surface area contributed by atoms with Gasteiger partial charge in [0.25, 0.3) is 0 Å². The highest BCUT2D eigenvalue weighted by Gasteiger charge is 2.23. The molecule has 4 heteroatoms. The van der Waals surface area contributed by atoms with Gasteiger partial charge in [-0.05, 0) is 50.9 Å². The summed E-state index contributed by atoms with van der Waals surface area (Å²) >= 11 is 0. The Balaban J connectivity index is 1.76. The van der Waals surface area contributed by atoms with Crippen molar-refractivity contribution in [2.75, 3.05) is 26.7 Å². The summed E-state index contributed by atoms with van der Waals surface area (Å²) in [6.07, 6.45) is 3.12. The Hall–Kier alpha value is -1.55. The van der Waals surface area contributed by atoms with E-state index in [4.69, 9.17) is 4.74 Å². The zero-order chi connectivity index (χ0) is 13.5. The van der Waals surface area contributed by atoms with Crippen LogP contribution in [0.1, 0.15) is 19.3 Å². The first-order valence-electron chi connectivity index (χ1n) is 6.96. The van der Waals surface area contributed by atoms with E-state index in [1.54, 1.807) is 12.1 Å². The van der Waals surface area contributed by atoms with Crippen LogP contribution in [0.4, 0.5) is 4.79 Å². The van der Waals surface area contributed by atoms with Crippen LogP contribution >= 0.6 is 0 Å². The summed E-state index contributed by atoms with van der Waals surface area (Å²) in [5, 5.41) is 3.18. The lowest BCUT2D eigenvalue weighted by atomic mass is 9.94. The third-order valence-corrected chi connectivity index (χ3v) is 3.62. The zero-order valence-electron chi connectivity index (χ0n) is 11.5. The molecule has 1 aliphatic rings. The van der Waals surface area contributed by atoms with Gasteiger partial charge in [0.2, 0.25) is 0 Å². The first-order valence-corrected chi connectivity index (χ1v) is 6.96. The monoisotopic (exact) mass is 262 g/mol. The van der Waals surface area contributed by atoms with Gasteiger partial charge in [0, 0.05) is 13.1 Å².